The molecule has 2 amide bonds. The fraction of sp³-hybridized carbons (Fsp3) is 0.240. The Morgan fingerprint density at radius 3 is 2.64 bits per heavy atom. The van der Waals surface area contributed by atoms with E-state index in [9.17, 15) is 9.59 Å². The highest BCUT2D eigenvalue weighted by Gasteiger charge is 2.29. The van der Waals surface area contributed by atoms with Crippen LogP contribution in [0.25, 0.3) is 16.5 Å². The summed E-state index contributed by atoms with van der Waals surface area (Å²) in [6.07, 6.45) is 6.24. The van der Waals surface area contributed by atoms with Gasteiger partial charge in [0.1, 0.15) is 17.2 Å². The molecule has 8 heteroatoms. The van der Waals surface area contributed by atoms with E-state index in [1.165, 1.54) is 7.11 Å². The van der Waals surface area contributed by atoms with Gasteiger partial charge in [-0.15, -0.1) is 0 Å². The lowest BCUT2D eigenvalue weighted by Gasteiger charge is -2.18. The smallest absolute Gasteiger partial charge is 0.254 e. The van der Waals surface area contributed by atoms with Crippen LogP contribution in [0.2, 0.25) is 5.02 Å². The minimum Gasteiger partial charge on any atom is -0.496 e. The number of carbonyl (C=O) groups is 2. The van der Waals surface area contributed by atoms with Gasteiger partial charge < -0.3 is 20.1 Å². The summed E-state index contributed by atoms with van der Waals surface area (Å²) in [5.74, 6) is 0.813. The van der Waals surface area contributed by atoms with E-state index in [1.54, 1.807) is 30.5 Å². The first-order chi connectivity index (χ1) is 16.0. The first kappa shape index (κ1) is 21.3. The molecule has 5 rings (SSSR count). The highest BCUT2D eigenvalue weighted by Crippen LogP contribution is 2.40. The van der Waals surface area contributed by atoms with Crippen LogP contribution < -0.4 is 15.2 Å². The number of pyridine rings is 1. The van der Waals surface area contributed by atoms with Gasteiger partial charge in [0.2, 0.25) is 0 Å². The van der Waals surface area contributed by atoms with E-state index >= 15 is 0 Å². The number of nitrogens with zero attached hydrogens (tertiary/aromatic N) is 2. The molecule has 2 aromatic carbocycles. The third-order valence-corrected chi connectivity index (χ3v) is 6.38. The molecule has 0 spiro atoms. The van der Waals surface area contributed by atoms with Gasteiger partial charge in [-0.3, -0.25) is 14.6 Å². The number of methoxy groups -OCH3 is 1. The predicted molar refractivity (Wildman–Crippen MR) is 126 cm³/mol. The van der Waals surface area contributed by atoms with Gasteiger partial charge in [-0.05, 0) is 43.0 Å². The molecule has 1 aromatic heterocycles. The number of hydrogen-bond donors (Lipinski definition) is 1. The summed E-state index contributed by atoms with van der Waals surface area (Å²) < 4.78 is 11.4. The predicted octanol–water partition coefficient (Wildman–Crippen LogP) is 4.35. The molecule has 2 heterocycles. The van der Waals surface area contributed by atoms with E-state index in [0.717, 1.165) is 37.1 Å². The molecule has 1 fully saturated rings. The number of hydrogen-bond acceptors (Lipinski definition) is 5. The van der Waals surface area contributed by atoms with Gasteiger partial charge in [0.25, 0.3) is 11.8 Å². The molecule has 0 radical (unpaired) electrons. The maximum Gasteiger partial charge on any atom is 0.254 e. The van der Waals surface area contributed by atoms with Gasteiger partial charge in [-0.25, -0.2) is 0 Å². The van der Waals surface area contributed by atoms with Crippen LogP contribution in [-0.4, -0.2) is 41.9 Å². The monoisotopic (exact) mass is 463 g/mol. The second-order valence-electron chi connectivity index (χ2n) is 8.11. The lowest BCUT2D eigenvalue weighted by molar-refractivity contribution is -0.124. The van der Waals surface area contributed by atoms with Gasteiger partial charge in [0.05, 0.1) is 23.2 Å². The Morgan fingerprint density at radius 2 is 1.91 bits per heavy atom. The quantitative estimate of drug-likeness (QED) is 0.607. The van der Waals surface area contributed by atoms with Gasteiger partial charge in [0.15, 0.2) is 0 Å². The summed E-state index contributed by atoms with van der Waals surface area (Å²) in [4.78, 5) is 31.0. The van der Waals surface area contributed by atoms with E-state index in [4.69, 9.17) is 26.8 Å². The number of carbonyl (C=O) groups excluding carboxylic acids is 2. The Kier molecular flexibility index (Phi) is 5.42. The van der Waals surface area contributed by atoms with Crippen molar-refractivity contribution in [2.45, 2.75) is 19.3 Å². The summed E-state index contributed by atoms with van der Waals surface area (Å²) in [5, 5.41) is 1.09. The summed E-state index contributed by atoms with van der Waals surface area (Å²) in [5.41, 5.74) is 8.74. The Labute approximate surface area is 195 Å². The van der Waals surface area contributed by atoms with Crippen molar-refractivity contribution in [3.63, 3.8) is 0 Å². The highest BCUT2D eigenvalue weighted by atomic mass is 35.5. The largest absolute Gasteiger partial charge is 0.496 e. The van der Waals surface area contributed by atoms with Crippen LogP contribution >= 0.6 is 11.6 Å². The molecule has 0 unspecified atom stereocenters. The van der Waals surface area contributed by atoms with Crippen LogP contribution in [0.15, 0.2) is 42.6 Å². The zero-order valence-corrected chi connectivity index (χ0v) is 18.8. The van der Waals surface area contributed by atoms with Crippen molar-refractivity contribution in [3.05, 3.63) is 64.3 Å². The van der Waals surface area contributed by atoms with Crippen molar-refractivity contribution in [3.8, 4) is 17.2 Å². The molecule has 1 saturated heterocycles. The van der Waals surface area contributed by atoms with E-state index in [2.05, 4.69) is 4.98 Å². The van der Waals surface area contributed by atoms with Gasteiger partial charge in [-0.1, -0.05) is 17.7 Å². The molecule has 0 atom stereocenters. The van der Waals surface area contributed by atoms with Gasteiger partial charge >= 0.3 is 0 Å². The number of halogens is 1. The summed E-state index contributed by atoms with van der Waals surface area (Å²) in [6, 6.07) is 8.58. The maximum absolute atomic E-state index is 12.9. The molecule has 0 bridgehead atoms. The van der Waals surface area contributed by atoms with Crippen LogP contribution in [-0.2, 0) is 11.2 Å². The van der Waals surface area contributed by atoms with Gasteiger partial charge in [0, 0.05) is 47.9 Å². The molecular formula is C25H22ClN3O4. The topological polar surface area (TPSA) is 94.8 Å². The lowest BCUT2D eigenvalue weighted by atomic mass is 10.0. The fourth-order valence-electron chi connectivity index (χ4n) is 4.48. The van der Waals surface area contributed by atoms with Crippen LogP contribution in [0, 0.1) is 0 Å². The van der Waals surface area contributed by atoms with Crippen molar-refractivity contribution in [1.29, 1.82) is 0 Å². The normalized spacial score (nSPS) is 14.8. The van der Waals surface area contributed by atoms with Crippen LogP contribution in [0.3, 0.4) is 0 Å². The van der Waals surface area contributed by atoms with Crippen molar-refractivity contribution in [2.75, 3.05) is 20.2 Å². The molecule has 168 valence electrons. The average Bonchev–Trinajstić information content (AvgIpc) is 3.48. The number of rotatable bonds is 5. The zero-order valence-electron chi connectivity index (χ0n) is 18.1. The molecule has 0 saturated carbocycles. The van der Waals surface area contributed by atoms with Crippen LogP contribution in [0.1, 0.15) is 34.3 Å². The number of allylic oxidation sites excluding steroid dienone is 1. The van der Waals surface area contributed by atoms with E-state index in [-0.39, 0.29) is 11.5 Å². The summed E-state index contributed by atoms with van der Waals surface area (Å²) in [7, 11) is 1.47. The molecular weight excluding hydrogens is 442 g/mol. The SMILES string of the molecule is COc1cc2nccc(Oc3cc(Cl)c4c(c3)CC=C4C(=O)N3CCCC3)c2cc1C(N)=O. The second kappa shape index (κ2) is 8.41. The van der Waals surface area contributed by atoms with Crippen molar-refractivity contribution in [2.24, 2.45) is 5.73 Å². The number of likely N-dealkylation sites (tertiary alicyclic amines) is 1. The summed E-state index contributed by atoms with van der Waals surface area (Å²) >= 11 is 6.63. The minimum absolute atomic E-state index is 0.0369. The number of ether oxygens (including phenoxy) is 2. The Hall–Kier alpha value is -3.58. The van der Waals surface area contributed by atoms with Gasteiger partial charge in [-0.2, -0.15) is 0 Å². The maximum atomic E-state index is 12.9. The molecule has 1 aliphatic carbocycles. The fourth-order valence-corrected chi connectivity index (χ4v) is 4.81. The molecule has 2 aliphatic rings. The Bertz CT molecular complexity index is 1330. The van der Waals surface area contributed by atoms with Crippen molar-refractivity contribution < 1.29 is 19.1 Å². The van der Waals surface area contributed by atoms with Crippen molar-refractivity contribution in [1.82, 2.24) is 9.88 Å². The van der Waals surface area contributed by atoms with Crippen LogP contribution in [0.5, 0.6) is 17.2 Å². The first-order valence-corrected chi connectivity index (χ1v) is 11.1. The number of amides is 2. The number of aromatic nitrogens is 1. The first-order valence-electron chi connectivity index (χ1n) is 10.7. The lowest BCUT2D eigenvalue weighted by Crippen LogP contribution is -2.28. The zero-order chi connectivity index (χ0) is 23.1. The number of primary amides is 1. The molecule has 3 aromatic rings. The Balaban J connectivity index is 1.49. The number of benzene rings is 2. The van der Waals surface area contributed by atoms with Crippen LogP contribution in [0.4, 0.5) is 0 Å². The molecule has 1 aliphatic heterocycles. The van der Waals surface area contributed by atoms with E-state index in [0.29, 0.717) is 45.2 Å². The highest BCUT2D eigenvalue weighted by molar-refractivity contribution is 6.35. The van der Waals surface area contributed by atoms with Crippen molar-refractivity contribution >= 4 is 39.9 Å². The Morgan fingerprint density at radius 1 is 1.12 bits per heavy atom. The number of fused-ring (bicyclic) bond motifs is 2. The third kappa shape index (κ3) is 3.78. The number of nitrogens with two attached hydrogens (primary N) is 1. The van der Waals surface area contributed by atoms with E-state index < -0.39 is 5.91 Å². The average molecular weight is 464 g/mol. The second-order valence-corrected chi connectivity index (χ2v) is 8.51. The third-order valence-electron chi connectivity index (χ3n) is 6.08. The molecule has 33 heavy (non-hydrogen) atoms. The molecule has 2 N–H and O–H groups in total. The van der Waals surface area contributed by atoms with E-state index in [1.807, 2.05) is 17.0 Å². The summed E-state index contributed by atoms with van der Waals surface area (Å²) in [6.45, 7) is 1.58. The minimum atomic E-state index is -0.606. The molecule has 7 nitrogen and oxygen atoms in total. The standard InChI is InChI=1S/C25H22ClN3O4/c1-32-22-13-20-17(12-18(22)24(27)30)21(6-7-28-20)33-15-10-14-4-5-16(23(14)19(26)11-15)25(31)29-8-2-3-9-29/h5-7,10-13H,2-4,8-9H2,1H3,(H2,27,30).